The quantitative estimate of drug-likeness (QED) is 0.553. The Kier molecular flexibility index (Phi) is 6.06. The van der Waals surface area contributed by atoms with E-state index in [2.05, 4.69) is 5.10 Å². The Morgan fingerprint density at radius 3 is 2.38 bits per heavy atom. The van der Waals surface area contributed by atoms with E-state index in [0.29, 0.717) is 60.8 Å². The van der Waals surface area contributed by atoms with Crippen LogP contribution in [-0.2, 0) is 11.3 Å². The summed E-state index contributed by atoms with van der Waals surface area (Å²) in [7, 11) is 1.52. The molecule has 0 radical (unpaired) electrons. The lowest BCUT2D eigenvalue weighted by Gasteiger charge is -2.36. The fourth-order valence-corrected chi connectivity index (χ4v) is 3.34. The van der Waals surface area contributed by atoms with E-state index in [1.807, 2.05) is 11.8 Å². The number of nitrogens with two attached hydrogens (primary N) is 2. The third-order valence-electron chi connectivity index (χ3n) is 4.99. The van der Waals surface area contributed by atoms with Gasteiger partial charge in [-0.1, -0.05) is 18.2 Å². The maximum absolute atomic E-state index is 13.2. The van der Waals surface area contributed by atoms with E-state index in [9.17, 15) is 9.59 Å². The Labute approximate surface area is 168 Å². The maximum Gasteiger partial charge on any atom is 0.275 e. The number of hydrogen-bond donors (Lipinski definition) is 2. The zero-order chi connectivity index (χ0) is 21.0. The minimum absolute atomic E-state index is 0.190. The first-order valence-corrected chi connectivity index (χ1v) is 9.47. The number of nitrogens with zero attached hydrogens (tertiary/aromatic N) is 4. The van der Waals surface area contributed by atoms with E-state index in [-0.39, 0.29) is 11.5 Å². The summed E-state index contributed by atoms with van der Waals surface area (Å²) in [5, 5.41) is 5.41. The van der Waals surface area contributed by atoms with Crippen LogP contribution in [0.25, 0.3) is 10.8 Å². The van der Waals surface area contributed by atoms with Gasteiger partial charge >= 0.3 is 0 Å². The minimum atomic E-state index is -0.190. The van der Waals surface area contributed by atoms with Crippen molar-refractivity contribution in [3.63, 3.8) is 0 Å². The van der Waals surface area contributed by atoms with Gasteiger partial charge in [-0.05, 0) is 13.0 Å². The van der Waals surface area contributed by atoms with Crippen LogP contribution in [0, 0.1) is 0 Å². The van der Waals surface area contributed by atoms with E-state index in [0.717, 1.165) is 0 Å². The minimum Gasteiger partial charge on any atom is -0.495 e. The molecule has 0 aliphatic carbocycles. The predicted octanol–water partition coefficient (Wildman–Crippen LogP) is 0.421. The molecule has 0 bridgehead atoms. The van der Waals surface area contributed by atoms with Crippen LogP contribution in [0.5, 0.6) is 0 Å². The number of amides is 1. The van der Waals surface area contributed by atoms with Crippen molar-refractivity contribution < 1.29 is 9.53 Å². The van der Waals surface area contributed by atoms with Crippen LogP contribution in [0.1, 0.15) is 17.4 Å². The molecular formula is C20H26N6O3. The van der Waals surface area contributed by atoms with Gasteiger partial charge in [0, 0.05) is 50.4 Å². The normalized spacial score (nSPS) is 15.7. The van der Waals surface area contributed by atoms with Gasteiger partial charge in [0.2, 0.25) is 0 Å². The zero-order valence-corrected chi connectivity index (χ0v) is 16.7. The average Bonchev–Trinajstić information content (AvgIpc) is 2.77. The molecule has 9 nitrogen and oxygen atoms in total. The highest BCUT2D eigenvalue weighted by molar-refractivity contribution is 6.04. The molecule has 1 fully saturated rings. The van der Waals surface area contributed by atoms with Crippen LogP contribution in [0.15, 0.2) is 52.9 Å². The molecule has 1 aliphatic rings. The first-order valence-electron chi connectivity index (χ1n) is 9.47. The lowest BCUT2D eigenvalue weighted by molar-refractivity contribution is 0.0661. The molecule has 0 unspecified atom stereocenters. The van der Waals surface area contributed by atoms with Crippen LogP contribution in [0.4, 0.5) is 0 Å². The number of carbonyl (C=O) groups is 1. The van der Waals surface area contributed by atoms with Crippen LogP contribution in [0.3, 0.4) is 0 Å². The highest BCUT2D eigenvalue weighted by Crippen LogP contribution is 2.17. The van der Waals surface area contributed by atoms with Gasteiger partial charge in [0.25, 0.3) is 11.5 Å². The molecular weight excluding hydrogens is 372 g/mol. The molecule has 0 atom stereocenters. The van der Waals surface area contributed by atoms with Gasteiger partial charge in [0.05, 0.1) is 12.5 Å². The largest absolute Gasteiger partial charge is 0.495 e. The van der Waals surface area contributed by atoms with Crippen LogP contribution in [0.2, 0.25) is 0 Å². The molecule has 9 heteroatoms. The number of benzene rings is 1. The van der Waals surface area contributed by atoms with Crippen molar-refractivity contribution >= 4 is 16.7 Å². The van der Waals surface area contributed by atoms with Crippen LogP contribution >= 0.6 is 0 Å². The van der Waals surface area contributed by atoms with Gasteiger partial charge in [0.1, 0.15) is 11.6 Å². The number of piperazine rings is 1. The zero-order valence-electron chi connectivity index (χ0n) is 16.7. The van der Waals surface area contributed by atoms with Crippen molar-refractivity contribution in [1.82, 2.24) is 19.6 Å². The number of allylic oxidation sites excluding steroid dienone is 1. The fraction of sp³-hybridized carbons (Fsp3) is 0.350. The Hall–Kier alpha value is -3.49. The summed E-state index contributed by atoms with van der Waals surface area (Å²) in [6.45, 7) is 4.35. The smallest absolute Gasteiger partial charge is 0.275 e. The lowest BCUT2D eigenvalue weighted by atomic mass is 10.1. The number of carbonyl (C=O) groups excluding carboxylic acids is 1. The monoisotopic (exact) mass is 398 g/mol. The summed E-state index contributed by atoms with van der Waals surface area (Å²) in [5.41, 5.74) is 11.7. The van der Waals surface area contributed by atoms with Gasteiger partial charge in [-0.25, -0.2) is 4.68 Å². The molecule has 1 amide bonds. The number of fused-ring (bicyclic) bond motifs is 1. The van der Waals surface area contributed by atoms with Crippen LogP contribution in [-0.4, -0.2) is 58.8 Å². The second kappa shape index (κ2) is 8.68. The number of hydrogen-bond acceptors (Lipinski definition) is 7. The summed E-state index contributed by atoms with van der Waals surface area (Å²) in [6, 6.07) is 7.08. The Balaban J connectivity index is 1.82. The average molecular weight is 398 g/mol. The lowest BCUT2D eigenvalue weighted by Crippen LogP contribution is -2.49. The van der Waals surface area contributed by atoms with Gasteiger partial charge in [0.15, 0.2) is 5.69 Å². The molecule has 2 aromatic rings. The second-order valence-corrected chi connectivity index (χ2v) is 6.64. The van der Waals surface area contributed by atoms with Crippen LogP contribution < -0.4 is 17.0 Å². The number of aromatic nitrogens is 2. The third kappa shape index (κ3) is 4.03. The Bertz CT molecular complexity index is 1020. The summed E-state index contributed by atoms with van der Waals surface area (Å²) >= 11 is 0. The fourth-order valence-electron chi connectivity index (χ4n) is 3.34. The highest BCUT2D eigenvalue weighted by atomic mass is 16.5. The molecule has 3 rings (SSSR count). The number of rotatable bonds is 5. The number of methoxy groups -OCH3 is 1. The summed E-state index contributed by atoms with van der Waals surface area (Å²) in [5.74, 6) is 0.808. The molecule has 1 aliphatic heterocycles. The second-order valence-electron chi connectivity index (χ2n) is 6.64. The summed E-state index contributed by atoms with van der Waals surface area (Å²) in [4.78, 5) is 29.4. The number of aryl methyl sites for hydroxylation is 1. The van der Waals surface area contributed by atoms with Crippen molar-refractivity contribution in [3.05, 3.63) is 64.2 Å². The Morgan fingerprint density at radius 2 is 1.79 bits per heavy atom. The molecule has 1 saturated heterocycles. The molecule has 0 spiro atoms. The molecule has 0 saturated carbocycles. The first kappa shape index (κ1) is 20.2. The molecule has 154 valence electrons. The van der Waals surface area contributed by atoms with Crippen molar-refractivity contribution in [2.24, 2.45) is 11.5 Å². The van der Waals surface area contributed by atoms with Crippen molar-refractivity contribution in [2.75, 3.05) is 33.3 Å². The Morgan fingerprint density at radius 1 is 1.17 bits per heavy atom. The van der Waals surface area contributed by atoms with E-state index in [1.54, 1.807) is 35.2 Å². The SMILES string of the molecule is CCn1nc(C(=O)N2CCN(/C(N)=C/C(=C\N)OC)CC2)c2ccccc2c1=O. The van der Waals surface area contributed by atoms with Crippen molar-refractivity contribution in [2.45, 2.75) is 13.5 Å². The maximum atomic E-state index is 13.2. The summed E-state index contributed by atoms with van der Waals surface area (Å²) in [6.07, 6.45) is 3.00. The summed E-state index contributed by atoms with van der Waals surface area (Å²) < 4.78 is 6.43. The van der Waals surface area contributed by atoms with Gasteiger partial charge < -0.3 is 26.0 Å². The highest BCUT2D eigenvalue weighted by Gasteiger charge is 2.26. The molecule has 29 heavy (non-hydrogen) atoms. The van der Waals surface area contributed by atoms with Crippen molar-refractivity contribution in [1.29, 1.82) is 0 Å². The van der Waals surface area contributed by atoms with E-state index < -0.39 is 0 Å². The topological polar surface area (TPSA) is 120 Å². The van der Waals surface area contributed by atoms with Gasteiger partial charge in [-0.2, -0.15) is 5.10 Å². The molecule has 1 aromatic heterocycles. The van der Waals surface area contributed by atoms with Crippen molar-refractivity contribution in [3.8, 4) is 0 Å². The number of ether oxygens (including phenoxy) is 1. The third-order valence-corrected chi connectivity index (χ3v) is 4.99. The molecule has 1 aromatic carbocycles. The van der Waals surface area contributed by atoms with E-state index in [4.69, 9.17) is 16.2 Å². The van der Waals surface area contributed by atoms with E-state index >= 15 is 0 Å². The standard InChI is InChI=1S/C20H26N6O3/c1-3-26-19(27)16-7-5-4-6-15(16)18(23-26)20(28)25-10-8-24(9-11-25)17(22)12-14(13-21)29-2/h4-7,12-13H,3,8-11,21-22H2,1-2H3/b14-13+,17-12+. The van der Waals surface area contributed by atoms with E-state index in [1.165, 1.54) is 18.0 Å². The first-order chi connectivity index (χ1) is 14.0. The predicted molar refractivity (Wildman–Crippen MR) is 111 cm³/mol. The van der Waals surface area contributed by atoms with Gasteiger partial charge in [-0.3, -0.25) is 9.59 Å². The van der Waals surface area contributed by atoms with Gasteiger partial charge in [-0.15, -0.1) is 0 Å². The molecule has 2 heterocycles. The molecule has 4 N–H and O–H groups in total.